The van der Waals surface area contributed by atoms with Crippen LogP contribution in [0.1, 0.15) is 6.42 Å². The summed E-state index contributed by atoms with van der Waals surface area (Å²) in [7, 11) is 1.63. The van der Waals surface area contributed by atoms with Gasteiger partial charge < -0.3 is 20.1 Å². The Morgan fingerprint density at radius 1 is 1.23 bits per heavy atom. The van der Waals surface area contributed by atoms with E-state index in [-0.39, 0.29) is 6.61 Å². The minimum atomic E-state index is 0.128. The number of nitrogens with one attached hydrogen (secondary N) is 2. The zero-order valence-corrected chi connectivity index (χ0v) is 12.2. The summed E-state index contributed by atoms with van der Waals surface area (Å²) < 4.78 is 5.18. The van der Waals surface area contributed by atoms with Gasteiger partial charge in [0.05, 0.1) is 13.4 Å². The summed E-state index contributed by atoms with van der Waals surface area (Å²) in [5.41, 5.74) is 3.12. The summed E-state index contributed by atoms with van der Waals surface area (Å²) in [5, 5.41) is 12.0. The van der Waals surface area contributed by atoms with E-state index in [0.29, 0.717) is 24.6 Å². The molecule has 0 fully saturated rings. The van der Waals surface area contributed by atoms with Crippen molar-refractivity contribution in [2.45, 2.75) is 6.42 Å². The number of H-pyrrole nitrogens is 1. The molecule has 0 aliphatic rings. The number of imidazole rings is 1. The molecule has 3 aromatic rings. The van der Waals surface area contributed by atoms with Crippen molar-refractivity contribution in [2.24, 2.45) is 0 Å². The van der Waals surface area contributed by atoms with Gasteiger partial charge in [0.2, 0.25) is 5.95 Å². The number of aliphatic hydroxyl groups is 1. The number of rotatable bonds is 6. The summed E-state index contributed by atoms with van der Waals surface area (Å²) in [6.07, 6.45) is 2.24. The van der Waals surface area contributed by atoms with E-state index in [2.05, 4.69) is 25.3 Å². The van der Waals surface area contributed by atoms with Gasteiger partial charge >= 0.3 is 0 Å². The monoisotopic (exact) mass is 299 g/mol. The van der Waals surface area contributed by atoms with Crippen LogP contribution >= 0.6 is 0 Å². The van der Waals surface area contributed by atoms with Crippen LogP contribution in [0, 0.1) is 0 Å². The van der Waals surface area contributed by atoms with Crippen molar-refractivity contribution in [1.82, 2.24) is 19.9 Å². The van der Waals surface area contributed by atoms with Gasteiger partial charge in [-0.1, -0.05) is 0 Å². The van der Waals surface area contributed by atoms with E-state index in [4.69, 9.17) is 9.84 Å². The molecule has 0 aliphatic heterocycles. The minimum Gasteiger partial charge on any atom is -0.497 e. The molecular formula is C15H17N5O2. The lowest BCUT2D eigenvalue weighted by atomic mass is 10.1. The molecule has 0 amide bonds. The fourth-order valence-electron chi connectivity index (χ4n) is 2.15. The van der Waals surface area contributed by atoms with Crippen LogP contribution in [0.15, 0.2) is 30.6 Å². The molecule has 3 N–H and O–H groups in total. The van der Waals surface area contributed by atoms with Crippen LogP contribution in [0.3, 0.4) is 0 Å². The second kappa shape index (κ2) is 6.40. The van der Waals surface area contributed by atoms with Crippen molar-refractivity contribution in [2.75, 3.05) is 25.6 Å². The Labute approximate surface area is 127 Å². The maximum absolute atomic E-state index is 8.85. The Kier molecular flexibility index (Phi) is 4.15. The third-order valence-corrected chi connectivity index (χ3v) is 3.27. The Bertz CT molecular complexity index is 754. The molecule has 0 saturated heterocycles. The number of aliphatic hydroxyl groups excluding tert-OH is 1. The first-order valence-corrected chi connectivity index (χ1v) is 7.02. The molecule has 7 nitrogen and oxygen atoms in total. The summed E-state index contributed by atoms with van der Waals surface area (Å²) in [5.74, 6) is 1.29. The van der Waals surface area contributed by atoms with E-state index in [9.17, 15) is 0 Å². The second-order valence-corrected chi connectivity index (χ2v) is 4.73. The van der Waals surface area contributed by atoms with Gasteiger partial charge in [0, 0.05) is 18.7 Å². The van der Waals surface area contributed by atoms with Gasteiger partial charge in [-0.25, -0.2) is 9.97 Å². The predicted molar refractivity (Wildman–Crippen MR) is 83.9 cm³/mol. The van der Waals surface area contributed by atoms with Gasteiger partial charge in [0.25, 0.3) is 0 Å². The quantitative estimate of drug-likeness (QED) is 0.601. The van der Waals surface area contributed by atoms with E-state index < -0.39 is 0 Å². The number of nitrogens with zero attached hydrogens (tertiary/aromatic N) is 3. The molecule has 7 heteroatoms. The molecule has 2 heterocycles. The molecule has 0 saturated carbocycles. The number of aromatic amines is 1. The number of hydrogen-bond acceptors (Lipinski definition) is 6. The zero-order valence-electron chi connectivity index (χ0n) is 12.2. The molecule has 0 bridgehead atoms. The van der Waals surface area contributed by atoms with Gasteiger partial charge in [-0.3, -0.25) is 0 Å². The van der Waals surface area contributed by atoms with Crippen LogP contribution in [-0.2, 0) is 0 Å². The molecule has 22 heavy (non-hydrogen) atoms. The van der Waals surface area contributed by atoms with E-state index in [1.54, 1.807) is 13.4 Å². The molecule has 2 aromatic heterocycles. The number of fused-ring (bicyclic) bond motifs is 1. The SMILES string of the molecule is COc1ccc(-c2nc(NCCCO)nc3nc[nH]c23)cc1. The fraction of sp³-hybridized carbons (Fsp3) is 0.267. The second-order valence-electron chi connectivity index (χ2n) is 4.73. The zero-order chi connectivity index (χ0) is 15.4. The number of ether oxygens (including phenoxy) is 1. The molecule has 0 radical (unpaired) electrons. The van der Waals surface area contributed by atoms with E-state index in [1.807, 2.05) is 24.3 Å². The molecular weight excluding hydrogens is 282 g/mol. The largest absolute Gasteiger partial charge is 0.497 e. The van der Waals surface area contributed by atoms with Crippen LogP contribution in [-0.4, -0.2) is 45.3 Å². The van der Waals surface area contributed by atoms with E-state index >= 15 is 0 Å². The number of aromatic nitrogens is 4. The molecule has 1 aromatic carbocycles. The number of hydrogen-bond donors (Lipinski definition) is 3. The summed E-state index contributed by atoms with van der Waals surface area (Å²) in [4.78, 5) is 16.2. The van der Waals surface area contributed by atoms with Gasteiger partial charge in [0.15, 0.2) is 5.65 Å². The first kappa shape index (κ1) is 14.3. The number of methoxy groups -OCH3 is 1. The van der Waals surface area contributed by atoms with Crippen LogP contribution in [0.25, 0.3) is 22.4 Å². The van der Waals surface area contributed by atoms with Crippen molar-refractivity contribution in [1.29, 1.82) is 0 Å². The number of benzene rings is 1. The Hall–Kier alpha value is -2.67. The fourth-order valence-corrected chi connectivity index (χ4v) is 2.15. The van der Waals surface area contributed by atoms with Crippen LogP contribution in [0.2, 0.25) is 0 Å². The van der Waals surface area contributed by atoms with Gasteiger partial charge in [-0.05, 0) is 30.7 Å². The first-order valence-electron chi connectivity index (χ1n) is 7.02. The van der Waals surface area contributed by atoms with Gasteiger partial charge in [-0.2, -0.15) is 4.98 Å². The highest BCUT2D eigenvalue weighted by Gasteiger charge is 2.11. The molecule has 0 atom stereocenters. The van der Waals surface area contributed by atoms with Crippen molar-refractivity contribution in [3.63, 3.8) is 0 Å². The highest BCUT2D eigenvalue weighted by molar-refractivity contribution is 5.88. The van der Waals surface area contributed by atoms with Crippen molar-refractivity contribution >= 4 is 17.1 Å². The van der Waals surface area contributed by atoms with Crippen molar-refractivity contribution < 1.29 is 9.84 Å². The Balaban J connectivity index is 2.00. The lowest BCUT2D eigenvalue weighted by molar-refractivity contribution is 0.292. The molecule has 3 rings (SSSR count). The van der Waals surface area contributed by atoms with Crippen LogP contribution < -0.4 is 10.1 Å². The maximum atomic E-state index is 8.85. The smallest absolute Gasteiger partial charge is 0.225 e. The molecule has 0 aliphatic carbocycles. The topological polar surface area (TPSA) is 95.9 Å². The third-order valence-electron chi connectivity index (χ3n) is 3.27. The average Bonchev–Trinajstić information content (AvgIpc) is 3.03. The lowest BCUT2D eigenvalue weighted by Crippen LogP contribution is -2.07. The summed E-state index contributed by atoms with van der Waals surface area (Å²) in [6.45, 7) is 0.734. The van der Waals surface area contributed by atoms with Crippen LogP contribution in [0.5, 0.6) is 5.75 Å². The molecule has 0 spiro atoms. The van der Waals surface area contributed by atoms with Gasteiger partial charge in [0.1, 0.15) is 17.0 Å². The Morgan fingerprint density at radius 2 is 2.05 bits per heavy atom. The Morgan fingerprint density at radius 3 is 2.77 bits per heavy atom. The summed E-state index contributed by atoms with van der Waals surface area (Å²) in [6, 6.07) is 7.66. The number of anilines is 1. The normalized spacial score (nSPS) is 10.8. The molecule has 114 valence electrons. The average molecular weight is 299 g/mol. The lowest BCUT2D eigenvalue weighted by Gasteiger charge is -2.08. The van der Waals surface area contributed by atoms with E-state index in [1.165, 1.54) is 0 Å². The third kappa shape index (κ3) is 2.84. The van der Waals surface area contributed by atoms with Crippen molar-refractivity contribution in [3.8, 4) is 17.0 Å². The minimum absolute atomic E-state index is 0.128. The summed E-state index contributed by atoms with van der Waals surface area (Å²) >= 11 is 0. The van der Waals surface area contributed by atoms with Crippen molar-refractivity contribution in [3.05, 3.63) is 30.6 Å². The van der Waals surface area contributed by atoms with Gasteiger partial charge in [-0.15, -0.1) is 0 Å². The van der Waals surface area contributed by atoms with E-state index in [0.717, 1.165) is 22.5 Å². The standard InChI is InChI=1S/C15H17N5O2/c1-22-11-5-3-10(4-6-11)12-13-14(18-9-17-13)20-15(19-12)16-7-2-8-21/h3-6,9,21H,2,7-8H2,1H3,(H2,16,17,18,19,20). The highest BCUT2D eigenvalue weighted by atomic mass is 16.5. The molecule has 0 unspecified atom stereocenters. The predicted octanol–water partition coefficient (Wildman–Crippen LogP) is 1.82. The van der Waals surface area contributed by atoms with Crippen LogP contribution in [0.4, 0.5) is 5.95 Å². The highest BCUT2D eigenvalue weighted by Crippen LogP contribution is 2.26. The first-order chi connectivity index (χ1) is 10.8. The maximum Gasteiger partial charge on any atom is 0.225 e.